The van der Waals surface area contributed by atoms with Crippen LogP contribution in [0.2, 0.25) is 0 Å². The zero-order chi connectivity index (χ0) is 59.5. The first-order valence-electron chi connectivity index (χ1n) is 27.5. The Morgan fingerprint density at radius 2 is 1.38 bits per heavy atom. The Balaban J connectivity index is 1.28. The van der Waals surface area contributed by atoms with E-state index in [-0.39, 0.29) is 50.9 Å². The monoisotopic (exact) mass is 1130 g/mol. The smallest absolute Gasteiger partial charge is 0.330 e. The molecule has 6 rings (SSSR count). The summed E-state index contributed by atoms with van der Waals surface area (Å²) in [6.45, 7) is 3.23. The first kappa shape index (κ1) is 62.6. The number of amides is 6. The Bertz CT molecular complexity index is 2930. The third-order valence-electron chi connectivity index (χ3n) is 14.5. The summed E-state index contributed by atoms with van der Waals surface area (Å²) in [6.07, 6.45) is 4.06. The lowest BCUT2D eigenvalue weighted by Gasteiger charge is -2.36. The molecule has 0 aromatic heterocycles. The molecule has 2 aliphatic heterocycles. The van der Waals surface area contributed by atoms with Crippen LogP contribution in [-0.2, 0) is 71.9 Å². The average molecular weight is 1130 g/mol. The van der Waals surface area contributed by atoms with Crippen LogP contribution in [0.25, 0.3) is 0 Å². The number of cyclic esters (lactones) is 2. The molecule has 1 fully saturated rings. The van der Waals surface area contributed by atoms with E-state index in [9.17, 15) is 43.2 Å². The first-order chi connectivity index (χ1) is 39.2. The number of ketones is 1. The number of carbonyl (C=O) groups is 9. The van der Waals surface area contributed by atoms with Crippen molar-refractivity contribution in [3.63, 3.8) is 0 Å². The second kappa shape index (κ2) is 29.8. The predicted molar refractivity (Wildman–Crippen MR) is 303 cm³/mol. The van der Waals surface area contributed by atoms with Crippen LogP contribution in [-0.4, -0.2) is 165 Å². The number of hydrogen-bond acceptors (Lipinski definition) is 14. The lowest BCUT2D eigenvalue weighted by Crippen LogP contribution is -2.58. The van der Waals surface area contributed by atoms with E-state index < -0.39 is 109 Å². The highest BCUT2D eigenvalue weighted by Crippen LogP contribution is 2.33. The number of ether oxygens (including phenoxy) is 5. The fraction of sp³-hybridized carbons (Fsp3) is 0.435. The number of nitrogens with one attached hydrogen (secondary N) is 2. The van der Waals surface area contributed by atoms with Gasteiger partial charge < -0.3 is 53.9 Å². The SMILES string of the molecule is COc1ccc(CC[C@H]2OC(=O)[C@@H]3CCCCN3C(=O)C(=O)C(C)(C)COC(=O)/C=C\CCN(C)C(=O)[C@H](Cc3ccccc3)NC(=O)[C@H](Cc3ccccc3)N(C)C(=O)[C@@H](C)NC(=O)CN(C)C(=O)COc3cccc2c3)cc1OC. The van der Waals surface area contributed by atoms with Gasteiger partial charge in [-0.1, -0.05) is 84.9 Å². The van der Waals surface area contributed by atoms with Gasteiger partial charge in [-0.15, -0.1) is 0 Å². The molecule has 0 saturated carbocycles. The molecule has 2 heterocycles. The van der Waals surface area contributed by atoms with E-state index in [0.29, 0.717) is 36.3 Å². The molecule has 0 spiro atoms. The zero-order valence-corrected chi connectivity index (χ0v) is 48.1. The van der Waals surface area contributed by atoms with Gasteiger partial charge in [-0.25, -0.2) is 9.59 Å². The Hall–Kier alpha value is -8.55. The molecule has 0 radical (unpaired) electrons. The molecule has 2 N–H and O–H groups in total. The normalized spacial score (nSPS) is 22.3. The van der Waals surface area contributed by atoms with E-state index in [0.717, 1.165) is 27.7 Å². The minimum Gasteiger partial charge on any atom is -0.493 e. The van der Waals surface area contributed by atoms with Gasteiger partial charge in [0.15, 0.2) is 18.1 Å². The predicted octanol–water partition coefficient (Wildman–Crippen LogP) is 5.00. The molecule has 0 aliphatic carbocycles. The van der Waals surface area contributed by atoms with Gasteiger partial charge in [0.1, 0.15) is 42.6 Å². The minimum absolute atomic E-state index is 0.0599. The number of Topliss-reactive ketones (excluding diaryl/α,β-unsaturated/α-hetero) is 1. The summed E-state index contributed by atoms with van der Waals surface area (Å²) in [7, 11) is 7.46. The summed E-state index contributed by atoms with van der Waals surface area (Å²) in [6, 6.07) is 25.7. The third-order valence-corrected chi connectivity index (χ3v) is 14.5. The summed E-state index contributed by atoms with van der Waals surface area (Å²) >= 11 is 0. The molecule has 5 atom stereocenters. The number of carbonyl (C=O) groups excluding carboxylic acids is 9. The van der Waals surface area contributed by atoms with E-state index in [1.165, 1.54) is 69.9 Å². The number of rotatable bonds is 9. The Kier molecular flexibility index (Phi) is 22.7. The number of nitrogens with zero attached hydrogens (tertiary/aromatic N) is 4. The van der Waals surface area contributed by atoms with Crippen LogP contribution in [0.15, 0.2) is 115 Å². The van der Waals surface area contributed by atoms with Crippen molar-refractivity contribution in [3.8, 4) is 17.2 Å². The van der Waals surface area contributed by atoms with E-state index >= 15 is 0 Å². The number of esters is 2. The highest BCUT2D eigenvalue weighted by Gasteiger charge is 2.43. The first-order valence-corrected chi connectivity index (χ1v) is 27.5. The van der Waals surface area contributed by atoms with Crippen LogP contribution in [0.5, 0.6) is 17.2 Å². The molecule has 1 saturated heterocycles. The number of methoxy groups -OCH3 is 2. The lowest BCUT2D eigenvalue weighted by atomic mass is 9.87. The number of likely N-dealkylation sites (N-methyl/N-ethyl adjacent to an activating group) is 3. The van der Waals surface area contributed by atoms with Crippen LogP contribution < -0.4 is 24.8 Å². The van der Waals surface area contributed by atoms with E-state index in [2.05, 4.69) is 10.6 Å². The van der Waals surface area contributed by atoms with Gasteiger partial charge in [-0.3, -0.25) is 33.6 Å². The lowest BCUT2D eigenvalue weighted by molar-refractivity contribution is -0.165. The van der Waals surface area contributed by atoms with Crippen molar-refractivity contribution in [2.75, 3.05) is 68.2 Å². The third kappa shape index (κ3) is 17.5. The Labute approximate surface area is 479 Å². The number of piperidine rings is 1. The molecular weight excluding hydrogens is 1050 g/mol. The van der Waals surface area contributed by atoms with Crippen molar-refractivity contribution >= 4 is 53.2 Å². The summed E-state index contributed by atoms with van der Waals surface area (Å²) in [4.78, 5) is 131. The quantitative estimate of drug-likeness (QED) is 0.166. The Morgan fingerprint density at radius 3 is 2.06 bits per heavy atom. The summed E-state index contributed by atoms with van der Waals surface area (Å²) < 4.78 is 28.7. The van der Waals surface area contributed by atoms with Crippen molar-refractivity contribution in [3.05, 3.63) is 138 Å². The van der Waals surface area contributed by atoms with E-state index in [1.54, 1.807) is 49.5 Å². The fourth-order valence-corrected chi connectivity index (χ4v) is 9.61. The zero-order valence-electron chi connectivity index (χ0n) is 48.1. The summed E-state index contributed by atoms with van der Waals surface area (Å²) in [5, 5.41) is 5.56. The second-order valence-electron chi connectivity index (χ2n) is 21.2. The molecule has 4 aromatic rings. The average Bonchev–Trinajstić information content (AvgIpc) is 3.69. The maximum absolute atomic E-state index is 14.5. The van der Waals surface area contributed by atoms with Crippen molar-refractivity contribution in [2.24, 2.45) is 5.41 Å². The number of benzene rings is 4. The van der Waals surface area contributed by atoms with E-state index in [4.69, 9.17) is 23.7 Å². The molecule has 20 heteroatoms. The fourth-order valence-electron chi connectivity index (χ4n) is 9.61. The molecule has 438 valence electrons. The Morgan fingerprint density at radius 1 is 0.695 bits per heavy atom. The van der Waals surface area contributed by atoms with Gasteiger partial charge >= 0.3 is 11.9 Å². The maximum atomic E-state index is 14.5. The van der Waals surface area contributed by atoms with Crippen LogP contribution >= 0.6 is 0 Å². The van der Waals surface area contributed by atoms with Crippen LogP contribution in [0.3, 0.4) is 0 Å². The highest BCUT2D eigenvalue weighted by atomic mass is 16.5. The standard InChI is InChI=1S/C62H76N6O14/c1-41-58(74)67(6)49(35-43-22-13-10-14-23-43)57(73)64-47(34-42-20-11-9-12-21-42)59(75)65(4)32-17-16-27-55(71)81-40-62(2,3)56(72)60(76)68-33-18-15-26-48(68)61(77)82-50(30-28-44-29-31-51(78-7)52(36-44)79-8)45-24-19-25-46(37-45)80-39-54(70)66(5)38-53(69)63-41/h9-14,16,19-25,27,29,31,36-37,41,47-50H,15,17-18,26,28,30,32-35,38-40H2,1-8H3,(H,63,69)(H,64,73)/b27-16-/t41-,47+,48+,49+,50-/m1/s1. The van der Waals surface area contributed by atoms with Crippen LogP contribution in [0.1, 0.15) is 81.2 Å². The van der Waals surface area contributed by atoms with Gasteiger partial charge in [-0.2, -0.15) is 0 Å². The second-order valence-corrected chi connectivity index (χ2v) is 21.2. The highest BCUT2D eigenvalue weighted by molar-refractivity contribution is 6.38. The molecule has 2 aliphatic rings. The van der Waals surface area contributed by atoms with Gasteiger partial charge in [0.25, 0.3) is 11.8 Å². The van der Waals surface area contributed by atoms with E-state index in [1.807, 2.05) is 60.7 Å². The maximum Gasteiger partial charge on any atom is 0.330 e. The van der Waals surface area contributed by atoms with Crippen molar-refractivity contribution < 1.29 is 66.8 Å². The van der Waals surface area contributed by atoms with Crippen molar-refractivity contribution in [1.82, 2.24) is 30.2 Å². The molecule has 6 amide bonds. The molecule has 20 nitrogen and oxygen atoms in total. The van der Waals surface area contributed by atoms with Crippen LogP contribution in [0, 0.1) is 5.41 Å². The number of hydrogen-bond donors (Lipinski definition) is 2. The number of fused-ring (bicyclic) bond motifs is 3. The van der Waals surface area contributed by atoms with Gasteiger partial charge in [0.05, 0.1) is 26.2 Å². The molecular formula is C62H76N6O14. The molecule has 4 aromatic carbocycles. The topological polar surface area (TPSA) is 237 Å². The molecule has 0 unspecified atom stereocenters. The van der Waals surface area contributed by atoms with Crippen molar-refractivity contribution in [2.45, 2.75) is 102 Å². The molecule has 82 heavy (non-hydrogen) atoms. The number of aryl methyl sites for hydroxylation is 1. The van der Waals surface area contributed by atoms with Gasteiger partial charge in [0.2, 0.25) is 29.4 Å². The van der Waals surface area contributed by atoms with Gasteiger partial charge in [-0.05, 0) is 106 Å². The largest absolute Gasteiger partial charge is 0.493 e. The molecule has 2 bridgehead atoms. The summed E-state index contributed by atoms with van der Waals surface area (Å²) in [5.74, 6) is -4.97. The van der Waals surface area contributed by atoms with Crippen molar-refractivity contribution in [1.29, 1.82) is 0 Å². The minimum atomic E-state index is -1.50. The van der Waals surface area contributed by atoms with Crippen LogP contribution in [0.4, 0.5) is 0 Å². The van der Waals surface area contributed by atoms with Gasteiger partial charge in [0, 0.05) is 53.2 Å². The summed E-state index contributed by atoms with van der Waals surface area (Å²) in [5.41, 5.74) is 1.32.